The maximum atomic E-state index is 11.7. The Morgan fingerprint density at radius 2 is 2.04 bits per heavy atom. The van der Waals surface area contributed by atoms with E-state index in [-0.39, 0.29) is 23.6 Å². The summed E-state index contributed by atoms with van der Waals surface area (Å²) in [6.07, 6.45) is 1.36. The largest absolute Gasteiger partial charge is 0.445 e. The van der Waals surface area contributed by atoms with Gasteiger partial charge < -0.3 is 20.4 Å². The predicted octanol–water partition coefficient (Wildman–Crippen LogP) is 1.98. The molecule has 1 aliphatic rings. The van der Waals surface area contributed by atoms with Gasteiger partial charge in [0, 0.05) is 29.7 Å². The van der Waals surface area contributed by atoms with Crippen LogP contribution in [-0.4, -0.2) is 23.2 Å². The van der Waals surface area contributed by atoms with Crippen molar-refractivity contribution in [2.75, 3.05) is 0 Å². The third-order valence-electron chi connectivity index (χ3n) is 3.82. The van der Waals surface area contributed by atoms with Gasteiger partial charge in [-0.15, -0.1) is 0 Å². The summed E-state index contributed by atoms with van der Waals surface area (Å²) >= 11 is 1.17. The molecule has 3 N–H and O–H groups in total. The van der Waals surface area contributed by atoms with Gasteiger partial charge in [0.1, 0.15) is 6.61 Å². The number of carbonyl (C=O) groups excluding carboxylic acids is 1. The minimum Gasteiger partial charge on any atom is -0.445 e. The van der Waals surface area contributed by atoms with Crippen molar-refractivity contribution >= 4 is 17.4 Å². The lowest BCUT2D eigenvalue weighted by Gasteiger charge is -2.36. The molecule has 3 rings (SSSR count). The number of rotatable bonds is 6. The van der Waals surface area contributed by atoms with Crippen LogP contribution in [0.1, 0.15) is 24.1 Å². The van der Waals surface area contributed by atoms with Crippen LogP contribution in [0.4, 0.5) is 4.79 Å². The predicted molar refractivity (Wildman–Crippen MR) is 88.4 cm³/mol. The number of nitrogens with one attached hydrogen (secondary N) is 3. The second-order valence-corrected chi connectivity index (χ2v) is 6.47. The molecule has 0 unspecified atom stereocenters. The molecule has 1 saturated carbocycles. The van der Waals surface area contributed by atoms with Crippen LogP contribution in [0.3, 0.4) is 0 Å². The lowest BCUT2D eigenvalue weighted by Crippen LogP contribution is -2.52. The number of alkyl carbamates (subject to hydrolysis) is 1. The quantitative estimate of drug-likeness (QED) is 0.755. The van der Waals surface area contributed by atoms with Crippen LogP contribution in [0.25, 0.3) is 0 Å². The van der Waals surface area contributed by atoms with E-state index in [9.17, 15) is 9.59 Å². The zero-order valence-electron chi connectivity index (χ0n) is 12.6. The van der Waals surface area contributed by atoms with Crippen molar-refractivity contribution in [1.29, 1.82) is 0 Å². The van der Waals surface area contributed by atoms with Crippen molar-refractivity contribution in [2.45, 2.75) is 38.1 Å². The van der Waals surface area contributed by atoms with Gasteiger partial charge in [-0.1, -0.05) is 41.7 Å². The lowest BCUT2D eigenvalue weighted by atomic mass is 9.87. The topological polar surface area (TPSA) is 83.2 Å². The van der Waals surface area contributed by atoms with Gasteiger partial charge in [-0.2, -0.15) is 0 Å². The minimum absolute atomic E-state index is 0.0314. The molecule has 1 aliphatic carbocycles. The number of ether oxygens (including phenoxy) is 1. The van der Waals surface area contributed by atoms with Crippen molar-refractivity contribution < 1.29 is 9.53 Å². The molecular formula is C16H19N3O3S. The van der Waals surface area contributed by atoms with Crippen molar-refractivity contribution in [3.05, 3.63) is 56.6 Å². The number of benzene rings is 1. The number of aromatic nitrogens is 1. The molecule has 1 heterocycles. The first-order valence-electron chi connectivity index (χ1n) is 7.56. The third kappa shape index (κ3) is 4.67. The van der Waals surface area contributed by atoms with Gasteiger partial charge >= 0.3 is 11.0 Å². The highest BCUT2D eigenvalue weighted by Crippen LogP contribution is 2.20. The first-order valence-corrected chi connectivity index (χ1v) is 8.44. The summed E-state index contributed by atoms with van der Waals surface area (Å²) in [5.41, 5.74) is 1.87. The van der Waals surface area contributed by atoms with Crippen LogP contribution in [0, 0.1) is 0 Å². The van der Waals surface area contributed by atoms with Crippen LogP contribution in [0.15, 0.2) is 40.5 Å². The Labute approximate surface area is 137 Å². The number of amides is 1. The fourth-order valence-electron chi connectivity index (χ4n) is 2.49. The van der Waals surface area contributed by atoms with E-state index in [1.807, 2.05) is 35.7 Å². The Kier molecular flexibility index (Phi) is 5.09. The van der Waals surface area contributed by atoms with Gasteiger partial charge in [-0.25, -0.2) is 4.79 Å². The second kappa shape index (κ2) is 7.43. The molecule has 1 amide bonds. The molecule has 1 aromatic carbocycles. The van der Waals surface area contributed by atoms with Crippen molar-refractivity contribution in [1.82, 2.24) is 15.6 Å². The van der Waals surface area contributed by atoms with E-state index >= 15 is 0 Å². The molecule has 0 aliphatic heterocycles. The Balaban J connectivity index is 1.30. The molecule has 0 radical (unpaired) electrons. The van der Waals surface area contributed by atoms with Crippen LogP contribution in [0.5, 0.6) is 0 Å². The van der Waals surface area contributed by atoms with E-state index < -0.39 is 0 Å². The van der Waals surface area contributed by atoms with E-state index in [0.717, 1.165) is 24.1 Å². The summed E-state index contributed by atoms with van der Waals surface area (Å²) in [6, 6.07) is 10.1. The van der Waals surface area contributed by atoms with Crippen LogP contribution in [-0.2, 0) is 17.9 Å². The average Bonchev–Trinajstić information content (AvgIpc) is 2.94. The molecule has 1 fully saturated rings. The van der Waals surface area contributed by atoms with E-state index in [1.54, 1.807) is 0 Å². The summed E-state index contributed by atoms with van der Waals surface area (Å²) in [6.45, 7) is 0.932. The highest BCUT2D eigenvalue weighted by atomic mass is 32.1. The normalized spacial score (nSPS) is 19.8. The van der Waals surface area contributed by atoms with Gasteiger partial charge in [0.2, 0.25) is 0 Å². The van der Waals surface area contributed by atoms with Gasteiger partial charge in [0.25, 0.3) is 0 Å². The number of thiazole rings is 1. The molecule has 1 aromatic heterocycles. The van der Waals surface area contributed by atoms with Crippen molar-refractivity contribution in [3.63, 3.8) is 0 Å². The van der Waals surface area contributed by atoms with Crippen LogP contribution in [0.2, 0.25) is 0 Å². The standard InChI is InChI=1S/C16H19N3O3S/c20-15(22-9-11-4-2-1-3-5-11)18-13-6-12(7-13)17-8-14-10-23-16(21)19-14/h1-5,10,12-13,17H,6-9H2,(H,18,20)(H,19,21). The van der Waals surface area contributed by atoms with Gasteiger partial charge in [0.15, 0.2) is 0 Å². The monoisotopic (exact) mass is 333 g/mol. The third-order valence-corrected chi connectivity index (χ3v) is 4.54. The molecule has 23 heavy (non-hydrogen) atoms. The summed E-state index contributed by atoms with van der Waals surface area (Å²) in [4.78, 5) is 25.5. The Morgan fingerprint density at radius 3 is 2.74 bits per heavy atom. The highest BCUT2D eigenvalue weighted by Gasteiger charge is 2.30. The minimum atomic E-state index is -0.375. The highest BCUT2D eigenvalue weighted by molar-refractivity contribution is 7.07. The first kappa shape index (κ1) is 15.8. The summed E-state index contributed by atoms with van der Waals surface area (Å²) in [7, 11) is 0. The van der Waals surface area contributed by atoms with Crippen molar-refractivity contribution in [3.8, 4) is 0 Å². The Bertz CT molecular complexity index is 692. The van der Waals surface area contributed by atoms with Crippen LogP contribution < -0.4 is 15.5 Å². The molecule has 0 bridgehead atoms. The lowest BCUT2D eigenvalue weighted by molar-refractivity contribution is 0.125. The Hall–Kier alpha value is -2.12. The smallest absolute Gasteiger partial charge is 0.407 e. The summed E-state index contributed by atoms with van der Waals surface area (Å²) in [5.74, 6) is 0. The number of H-pyrrole nitrogens is 1. The second-order valence-electron chi connectivity index (χ2n) is 5.63. The van der Waals surface area contributed by atoms with E-state index in [1.165, 1.54) is 11.3 Å². The number of aromatic amines is 1. The van der Waals surface area contributed by atoms with Crippen molar-refractivity contribution in [2.24, 2.45) is 0 Å². The van der Waals surface area contributed by atoms with Gasteiger partial charge in [0.05, 0.1) is 0 Å². The molecular weight excluding hydrogens is 314 g/mol. The maximum Gasteiger partial charge on any atom is 0.407 e. The molecule has 7 heteroatoms. The summed E-state index contributed by atoms with van der Waals surface area (Å²) in [5, 5.41) is 8.04. The maximum absolute atomic E-state index is 11.7. The first-order chi connectivity index (χ1) is 11.2. The van der Waals surface area contributed by atoms with Gasteiger partial charge in [-0.3, -0.25) is 4.79 Å². The fourth-order valence-corrected chi connectivity index (χ4v) is 3.07. The molecule has 0 atom stereocenters. The molecule has 0 spiro atoms. The number of carbonyl (C=O) groups is 1. The molecule has 2 aromatic rings. The number of hydrogen-bond donors (Lipinski definition) is 3. The van der Waals surface area contributed by atoms with Crippen LogP contribution >= 0.6 is 11.3 Å². The molecule has 6 nitrogen and oxygen atoms in total. The number of hydrogen-bond acceptors (Lipinski definition) is 5. The molecule has 122 valence electrons. The van der Waals surface area contributed by atoms with E-state index in [0.29, 0.717) is 12.6 Å². The average molecular weight is 333 g/mol. The molecule has 0 saturated heterocycles. The van der Waals surface area contributed by atoms with Gasteiger partial charge in [-0.05, 0) is 18.4 Å². The summed E-state index contributed by atoms with van der Waals surface area (Å²) < 4.78 is 5.19. The fraction of sp³-hybridized carbons (Fsp3) is 0.375. The van der Waals surface area contributed by atoms with E-state index in [2.05, 4.69) is 15.6 Å². The zero-order valence-corrected chi connectivity index (χ0v) is 13.4. The van der Waals surface area contributed by atoms with E-state index in [4.69, 9.17) is 4.74 Å². The zero-order chi connectivity index (χ0) is 16.1. The SMILES string of the molecule is O=C(NC1CC(NCc2csc(=O)[nH]2)C1)OCc1ccccc1. The Morgan fingerprint density at radius 1 is 1.26 bits per heavy atom.